The second kappa shape index (κ2) is 4.87. The van der Waals surface area contributed by atoms with Crippen molar-refractivity contribution in [2.45, 2.75) is 38.5 Å². The molecule has 2 aromatic rings. The Morgan fingerprint density at radius 3 is 2.57 bits per heavy atom. The van der Waals surface area contributed by atoms with Crippen LogP contribution in [0.5, 0.6) is 0 Å². The lowest BCUT2D eigenvalue weighted by Gasteiger charge is -2.45. The molecule has 106 valence electrons. The molecule has 0 unspecified atom stereocenters. The Morgan fingerprint density at radius 1 is 0.952 bits per heavy atom. The van der Waals surface area contributed by atoms with Crippen LogP contribution in [0.3, 0.4) is 0 Å². The summed E-state index contributed by atoms with van der Waals surface area (Å²) < 4.78 is 0. The molecule has 2 aliphatic rings. The van der Waals surface area contributed by atoms with E-state index >= 15 is 0 Å². The first kappa shape index (κ1) is 12.9. The van der Waals surface area contributed by atoms with E-state index in [0.717, 1.165) is 0 Å². The van der Waals surface area contributed by atoms with Crippen LogP contribution in [0.4, 0.5) is 0 Å². The van der Waals surface area contributed by atoms with Crippen LogP contribution < -0.4 is 0 Å². The van der Waals surface area contributed by atoms with Gasteiger partial charge in [0.15, 0.2) is 0 Å². The summed E-state index contributed by atoms with van der Waals surface area (Å²) in [6.45, 7) is 2.49. The summed E-state index contributed by atoms with van der Waals surface area (Å²) in [6.07, 6.45) is 7.48. The normalized spacial score (nSPS) is 27.5. The molecule has 21 heavy (non-hydrogen) atoms. The standard InChI is InChI=1S/C21H22/c1-21-13-11-17-9-5-6-10-19(17)20(21)15-18(12-14-21)16-7-3-2-4-8-16/h2-10,12,20H,11,13-15H2,1H3/t20-,21+/m0/s1. The van der Waals surface area contributed by atoms with Crippen LogP contribution in [0.2, 0.25) is 0 Å². The first-order valence-corrected chi connectivity index (χ1v) is 8.08. The van der Waals surface area contributed by atoms with E-state index in [9.17, 15) is 0 Å². The fourth-order valence-electron chi connectivity index (χ4n) is 4.22. The van der Waals surface area contributed by atoms with Gasteiger partial charge in [-0.3, -0.25) is 0 Å². The van der Waals surface area contributed by atoms with Crippen molar-refractivity contribution in [1.29, 1.82) is 0 Å². The van der Waals surface area contributed by atoms with E-state index in [1.54, 1.807) is 11.1 Å². The van der Waals surface area contributed by atoms with Crippen LogP contribution in [0.25, 0.3) is 5.57 Å². The maximum Gasteiger partial charge on any atom is -0.00616 e. The molecular formula is C21H22. The topological polar surface area (TPSA) is 0 Å². The number of hydrogen-bond acceptors (Lipinski definition) is 0. The van der Waals surface area contributed by atoms with Gasteiger partial charge < -0.3 is 0 Å². The molecule has 0 heteroatoms. The van der Waals surface area contributed by atoms with E-state index in [-0.39, 0.29) is 0 Å². The van der Waals surface area contributed by atoms with Crippen LogP contribution in [0, 0.1) is 5.41 Å². The summed E-state index contributed by atoms with van der Waals surface area (Å²) in [5.41, 5.74) is 6.58. The summed E-state index contributed by atoms with van der Waals surface area (Å²) in [4.78, 5) is 0. The molecule has 0 radical (unpaired) electrons. The minimum atomic E-state index is 0.451. The predicted molar refractivity (Wildman–Crippen MR) is 89.3 cm³/mol. The van der Waals surface area contributed by atoms with Gasteiger partial charge in [0.1, 0.15) is 0 Å². The number of allylic oxidation sites excluding steroid dienone is 2. The SMILES string of the molecule is C[C@@]12CC=C(c3ccccc3)C[C@H]1c1ccccc1CC2. The summed E-state index contributed by atoms with van der Waals surface area (Å²) in [7, 11) is 0. The van der Waals surface area contributed by atoms with Crippen molar-refractivity contribution in [3.8, 4) is 0 Å². The molecule has 0 spiro atoms. The summed E-state index contributed by atoms with van der Waals surface area (Å²) in [5.74, 6) is 0.683. The molecule has 2 atom stereocenters. The molecule has 2 aliphatic carbocycles. The molecule has 0 N–H and O–H groups in total. The second-order valence-corrected chi connectivity index (χ2v) is 6.91. The Balaban J connectivity index is 1.75. The summed E-state index contributed by atoms with van der Waals surface area (Å²) in [5, 5.41) is 0. The number of fused-ring (bicyclic) bond motifs is 3. The Kier molecular flexibility index (Phi) is 2.99. The smallest absolute Gasteiger partial charge is 0.00616 e. The Morgan fingerprint density at radius 2 is 1.71 bits per heavy atom. The minimum Gasteiger partial charge on any atom is -0.0801 e. The Bertz CT molecular complexity index is 680. The van der Waals surface area contributed by atoms with E-state index in [2.05, 4.69) is 67.6 Å². The molecule has 0 aliphatic heterocycles. The number of benzene rings is 2. The van der Waals surface area contributed by atoms with Gasteiger partial charge in [-0.05, 0) is 59.3 Å². The lowest BCUT2D eigenvalue weighted by Crippen LogP contribution is -2.33. The third-order valence-corrected chi connectivity index (χ3v) is 5.62. The highest BCUT2D eigenvalue weighted by molar-refractivity contribution is 5.68. The summed E-state index contributed by atoms with van der Waals surface area (Å²) in [6, 6.07) is 20.0. The lowest BCUT2D eigenvalue weighted by atomic mass is 9.59. The van der Waals surface area contributed by atoms with Crippen LogP contribution in [-0.4, -0.2) is 0 Å². The van der Waals surface area contributed by atoms with Gasteiger partial charge in [-0.1, -0.05) is 67.6 Å². The highest BCUT2D eigenvalue weighted by Crippen LogP contribution is 2.54. The largest absolute Gasteiger partial charge is 0.0801 e. The minimum absolute atomic E-state index is 0.451. The second-order valence-electron chi connectivity index (χ2n) is 6.91. The molecule has 0 heterocycles. The molecule has 0 saturated heterocycles. The average Bonchev–Trinajstić information content (AvgIpc) is 2.55. The van der Waals surface area contributed by atoms with Crippen molar-refractivity contribution in [3.63, 3.8) is 0 Å². The van der Waals surface area contributed by atoms with Crippen molar-refractivity contribution < 1.29 is 0 Å². The lowest BCUT2D eigenvalue weighted by molar-refractivity contribution is 0.212. The molecular weight excluding hydrogens is 252 g/mol. The van der Waals surface area contributed by atoms with Gasteiger partial charge in [0.25, 0.3) is 0 Å². The molecule has 0 amide bonds. The van der Waals surface area contributed by atoms with E-state index < -0.39 is 0 Å². The number of hydrogen-bond donors (Lipinski definition) is 0. The van der Waals surface area contributed by atoms with Crippen molar-refractivity contribution in [1.82, 2.24) is 0 Å². The van der Waals surface area contributed by atoms with Gasteiger partial charge in [0.05, 0.1) is 0 Å². The average molecular weight is 274 g/mol. The number of rotatable bonds is 1. The maximum atomic E-state index is 2.50. The molecule has 0 bridgehead atoms. The summed E-state index contributed by atoms with van der Waals surface area (Å²) >= 11 is 0. The Labute approximate surface area is 127 Å². The third kappa shape index (κ3) is 2.14. The van der Waals surface area contributed by atoms with Gasteiger partial charge in [-0.15, -0.1) is 0 Å². The zero-order chi connectivity index (χ0) is 14.3. The molecule has 0 nitrogen and oxygen atoms in total. The van der Waals surface area contributed by atoms with Gasteiger partial charge in [0, 0.05) is 0 Å². The zero-order valence-electron chi connectivity index (χ0n) is 12.7. The maximum absolute atomic E-state index is 2.50. The van der Waals surface area contributed by atoms with Gasteiger partial charge in [-0.25, -0.2) is 0 Å². The predicted octanol–water partition coefficient (Wildman–Crippen LogP) is 5.60. The van der Waals surface area contributed by atoms with Gasteiger partial charge in [0.2, 0.25) is 0 Å². The first-order valence-electron chi connectivity index (χ1n) is 8.08. The monoisotopic (exact) mass is 274 g/mol. The van der Waals surface area contributed by atoms with Gasteiger partial charge in [-0.2, -0.15) is 0 Å². The highest BCUT2D eigenvalue weighted by atomic mass is 14.4. The zero-order valence-corrected chi connectivity index (χ0v) is 12.7. The molecule has 0 saturated carbocycles. The van der Waals surface area contributed by atoms with Crippen LogP contribution >= 0.6 is 0 Å². The fourth-order valence-corrected chi connectivity index (χ4v) is 4.22. The molecule has 0 aromatic heterocycles. The van der Waals surface area contributed by atoms with Gasteiger partial charge >= 0.3 is 0 Å². The number of aryl methyl sites for hydroxylation is 1. The van der Waals surface area contributed by atoms with Crippen LogP contribution in [0.1, 0.15) is 48.8 Å². The van der Waals surface area contributed by atoms with E-state index in [1.165, 1.54) is 36.8 Å². The Hall–Kier alpha value is -1.82. The van der Waals surface area contributed by atoms with Crippen molar-refractivity contribution in [2.75, 3.05) is 0 Å². The quantitative estimate of drug-likeness (QED) is 0.635. The fraction of sp³-hybridized carbons (Fsp3) is 0.333. The first-order chi connectivity index (χ1) is 10.3. The van der Waals surface area contributed by atoms with E-state index in [1.807, 2.05) is 0 Å². The van der Waals surface area contributed by atoms with E-state index in [4.69, 9.17) is 0 Å². The third-order valence-electron chi connectivity index (χ3n) is 5.62. The molecule has 2 aromatic carbocycles. The van der Waals surface area contributed by atoms with E-state index in [0.29, 0.717) is 11.3 Å². The van der Waals surface area contributed by atoms with Crippen molar-refractivity contribution in [2.24, 2.45) is 5.41 Å². The van der Waals surface area contributed by atoms with Crippen molar-refractivity contribution >= 4 is 5.57 Å². The molecule has 4 rings (SSSR count). The van der Waals surface area contributed by atoms with Crippen LogP contribution in [0.15, 0.2) is 60.7 Å². The van der Waals surface area contributed by atoms with Crippen LogP contribution in [-0.2, 0) is 6.42 Å². The van der Waals surface area contributed by atoms with Crippen molar-refractivity contribution in [3.05, 3.63) is 77.4 Å². The highest BCUT2D eigenvalue weighted by Gasteiger charge is 2.41. The molecule has 0 fully saturated rings.